The molecule has 0 fully saturated rings. The molecule has 1 nitrogen and oxygen atoms in total. The van der Waals surface area contributed by atoms with Crippen LogP contribution < -0.4 is 5.32 Å². The number of hydrogen-bond donors (Lipinski definition) is 1. The van der Waals surface area contributed by atoms with Gasteiger partial charge in [-0.05, 0) is 41.9 Å². The molecular formula is C16H15NS2. The molecule has 0 spiro atoms. The van der Waals surface area contributed by atoms with E-state index < -0.39 is 0 Å². The van der Waals surface area contributed by atoms with Crippen LogP contribution in [0.3, 0.4) is 0 Å². The first-order valence-electron chi connectivity index (χ1n) is 6.23. The Hall–Kier alpha value is -1.58. The molecule has 0 aliphatic carbocycles. The molecule has 0 bridgehead atoms. The lowest BCUT2D eigenvalue weighted by Crippen LogP contribution is -2.09. The Morgan fingerprint density at radius 1 is 0.842 bits per heavy atom. The van der Waals surface area contributed by atoms with Crippen molar-refractivity contribution in [3.63, 3.8) is 0 Å². The van der Waals surface area contributed by atoms with E-state index in [0.717, 1.165) is 5.69 Å². The van der Waals surface area contributed by atoms with Crippen LogP contribution in [-0.4, -0.2) is 0 Å². The van der Waals surface area contributed by atoms with Gasteiger partial charge in [0.2, 0.25) is 0 Å². The molecule has 0 saturated heterocycles. The highest BCUT2D eigenvalue weighted by molar-refractivity contribution is 7.11. The fourth-order valence-corrected chi connectivity index (χ4v) is 3.67. The molecule has 3 rings (SSSR count). The Morgan fingerprint density at radius 2 is 1.42 bits per heavy atom. The normalized spacial score (nSPS) is 10.8. The maximum atomic E-state index is 3.63. The zero-order valence-electron chi connectivity index (χ0n) is 10.7. The second-order valence-electron chi connectivity index (χ2n) is 4.47. The molecule has 19 heavy (non-hydrogen) atoms. The van der Waals surface area contributed by atoms with E-state index in [1.165, 1.54) is 15.3 Å². The quantitative estimate of drug-likeness (QED) is 0.684. The van der Waals surface area contributed by atoms with Gasteiger partial charge in [-0.2, -0.15) is 0 Å². The highest BCUT2D eigenvalue weighted by atomic mass is 32.1. The molecule has 0 atom stereocenters. The van der Waals surface area contributed by atoms with Crippen molar-refractivity contribution in [3.8, 4) is 0 Å². The van der Waals surface area contributed by atoms with Crippen LogP contribution in [0, 0.1) is 6.92 Å². The van der Waals surface area contributed by atoms with E-state index in [0.29, 0.717) is 0 Å². The van der Waals surface area contributed by atoms with Gasteiger partial charge in [0, 0.05) is 15.4 Å². The average Bonchev–Trinajstić information content (AvgIpc) is 3.11. The molecule has 3 aromatic rings. The summed E-state index contributed by atoms with van der Waals surface area (Å²) in [5, 5.41) is 7.90. The van der Waals surface area contributed by atoms with Crippen molar-refractivity contribution in [3.05, 3.63) is 74.6 Å². The van der Waals surface area contributed by atoms with Crippen LogP contribution in [0.4, 0.5) is 5.69 Å². The minimum absolute atomic E-state index is 0.253. The Labute approximate surface area is 121 Å². The highest BCUT2D eigenvalue weighted by Gasteiger charge is 2.15. The SMILES string of the molecule is Cc1ccc(NC(c2cccs2)c2cccs2)cc1. The summed E-state index contributed by atoms with van der Waals surface area (Å²) in [5.41, 5.74) is 2.45. The second-order valence-corrected chi connectivity index (χ2v) is 6.43. The standard InChI is InChI=1S/C16H15NS2/c1-12-6-8-13(9-7-12)17-16(14-4-2-10-18-14)15-5-3-11-19-15/h2-11,16-17H,1H3. The summed E-state index contributed by atoms with van der Waals surface area (Å²) in [6.07, 6.45) is 0. The predicted octanol–water partition coefficient (Wildman–Crippen LogP) is 5.32. The van der Waals surface area contributed by atoms with E-state index in [-0.39, 0.29) is 6.04 Å². The van der Waals surface area contributed by atoms with Crippen LogP contribution in [0.15, 0.2) is 59.3 Å². The van der Waals surface area contributed by atoms with E-state index in [4.69, 9.17) is 0 Å². The lowest BCUT2D eigenvalue weighted by molar-refractivity contribution is 0.993. The van der Waals surface area contributed by atoms with Crippen molar-refractivity contribution in [2.75, 3.05) is 5.32 Å². The fourth-order valence-electron chi connectivity index (χ4n) is 2.01. The molecule has 0 saturated carbocycles. The van der Waals surface area contributed by atoms with Crippen LogP contribution in [0.25, 0.3) is 0 Å². The Bertz CT molecular complexity index is 575. The summed E-state index contributed by atoms with van der Waals surface area (Å²) >= 11 is 3.59. The van der Waals surface area contributed by atoms with Gasteiger partial charge < -0.3 is 5.32 Å². The molecule has 0 amide bonds. The third-order valence-electron chi connectivity index (χ3n) is 3.02. The molecule has 2 heterocycles. The van der Waals surface area contributed by atoms with Crippen LogP contribution in [0.2, 0.25) is 0 Å². The molecule has 0 aliphatic heterocycles. The van der Waals surface area contributed by atoms with Crippen LogP contribution in [-0.2, 0) is 0 Å². The second kappa shape index (κ2) is 5.59. The van der Waals surface area contributed by atoms with Crippen LogP contribution >= 0.6 is 22.7 Å². The van der Waals surface area contributed by atoms with Gasteiger partial charge in [0.15, 0.2) is 0 Å². The van der Waals surface area contributed by atoms with E-state index >= 15 is 0 Å². The van der Waals surface area contributed by atoms with E-state index in [2.05, 4.69) is 71.5 Å². The minimum Gasteiger partial charge on any atom is -0.373 e. The maximum absolute atomic E-state index is 3.63. The van der Waals surface area contributed by atoms with Gasteiger partial charge in [0.25, 0.3) is 0 Å². The monoisotopic (exact) mass is 285 g/mol. The molecule has 1 N–H and O–H groups in total. The topological polar surface area (TPSA) is 12.0 Å². The van der Waals surface area contributed by atoms with Crippen molar-refractivity contribution < 1.29 is 0 Å². The largest absolute Gasteiger partial charge is 0.373 e. The van der Waals surface area contributed by atoms with Crippen molar-refractivity contribution in [2.45, 2.75) is 13.0 Å². The number of rotatable bonds is 4. The third kappa shape index (κ3) is 2.88. The summed E-state index contributed by atoms with van der Waals surface area (Å²) in [4.78, 5) is 2.70. The average molecular weight is 285 g/mol. The number of aryl methyl sites for hydroxylation is 1. The number of nitrogens with one attached hydrogen (secondary N) is 1. The predicted molar refractivity (Wildman–Crippen MR) is 85.3 cm³/mol. The molecule has 0 radical (unpaired) electrons. The van der Waals surface area contributed by atoms with Crippen molar-refractivity contribution >= 4 is 28.4 Å². The van der Waals surface area contributed by atoms with Crippen molar-refractivity contribution in [1.82, 2.24) is 0 Å². The van der Waals surface area contributed by atoms with Crippen molar-refractivity contribution in [1.29, 1.82) is 0 Å². The Morgan fingerprint density at radius 3 is 1.89 bits per heavy atom. The zero-order valence-corrected chi connectivity index (χ0v) is 12.3. The number of hydrogen-bond acceptors (Lipinski definition) is 3. The van der Waals surface area contributed by atoms with E-state index in [1.807, 2.05) is 0 Å². The molecule has 3 heteroatoms. The summed E-state index contributed by atoms with van der Waals surface area (Å²) in [7, 11) is 0. The minimum atomic E-state index is 0.253. The number of anilines is 1. The van der Waals surface area contributed by atoms with Crippen LogP contribution in [0.5, 0.6) is 0 Å². The molecule has 1 aromatic carbocycles. The summed E-state index contributed by atoms with van der Waals surface area (Å²) < 4.78 is 0. The maximum Gasteiger partial charge on any atom is 0.0953 e. The molecule has 0 aliphatic rings. The summed E-state index contributed by atoms with van der Waals surface area (Å²) in [6.45, 7) is 2.11. The molecule has 96 valence electrons. The molecule has 0 unspecified atom stereocenters. The zero-order chi connectivity index (χ0) is 13.1. The lowest BCUT2D eigenvalue weighted by atomic mass is 10.1. The Balaban J connectivity index is 1.90. The summed E-state index contributed by atoms with van der Waals surface area (Å²) in [5.74, 6) is 0. The van der Waals surface area contributed by atoms with Crippen LogP contribution in [0.1, 0.15) is 21.4 Å². The van der Waals surface area contributed by atoms with E-state index in [1.54, 1.807) is 22.7 Å². The van der Waals surface area contributed by atoms with Gasteiger partial charge in [0.1, 0.15) is 0 Å². The number of benzene rings is 1. The lowest BCUT2D eigenvalue weighted by Gasteiger charge is -2.17. The first-order chi connectivity index (χ1) is 9.33. The summed E-state index contributed by atoms with van der Waals surface area (Å²) in [6, 6.07) is 17.4. The molecular weight excluding hydrogens is 270 g/mol. The van der Waals surface area contributed by atoms with Gasteiger partial charge in [0.05, 0.1) is 6.04 Å². The third-order valence-corrected chi connectivity index (χ3v) is 4.89. The van der Waals surface area contributed by atoms with Gasteiger partial charge >= 0.3 is 0 Å². The van der Waals surface area contributed by atoms with Gasteiger partial charge in [-0.3, -0.25) is 0 Å². The first kappa shape index (κ1) is 12.5. The number of thiophene rings is 2. The van der Waals surface area contributed by atoms with Gasteiger partial charge in [-0.15, -0.1) is 22.7 Å². The van der Waals surface area contributed by atoms with Gasteiger partial charge in [-0.1, -0.05) is 29.8 Å². The van der Waals surface area contributed by atoms with Gasteiger partial charge in [-0.25, -0.2) is 0 Å². The smallest absolute Gasteiger partial charge is 0.0953 e. The molecule has 2 aromatic heterocycles. The fraction of sp³-hybridized carbons (Fsp3) is 0.125. The Kier molecular flexibility index (Phi) is 3.67. The highest BCUT2D eigenvalue weighted by Crippen LogP contribution is 2.32. The van der Waals surface area contributed by atoms with E-state index in [9.17, 15) is 0 Å². The first-order valence-corrected chi connectivity index (χ1v) is 7.99. The van der Waals surface area contributed by atoms with Crippen molar-refractivity contribution in [2.24, 2.45) is 0 Å².